The smallest absolute Gasteiger partial charge is 0.243 e. The number of nitrogens with zero attached hydrogens (tertiary/aromatic N) is 1. The number of amides is 1. The molecule has 0 radical (unpaired) electrons. The first-order valence-electron chi connectivity index (χ1n) is 9.08. The van der Waals surface area contributed by atoms with Crippen molar-refractivity contribution in [2.45, 2.75) is 22.6 Å². The lowest BCUT2D eigenvalue weighted by molar-refractivity contribution is -0.125. The second-order valence-electron chi connectivity index (χ2n) is 6.47. The van der Waals surface area contributed by atoms with E-state index in [-0.39, 0.29) is 23.3 Å². The number of piperidine rings is 1. The van der Waals surface area contributed by atoms with Crippen molar-refractivity contribution in [1.29, 1.82) is 0 Å². The lowest BCUT2D eigenvalue weighted by atomic mass is 9.99. The minimum Gasteiger partial charge on any atom is -0.355 e. The molecule has 1 fully saturated rings. The summed E-state index contributed by atoms with van der Waals surface area (Å²) in [5, 5.41) is 2.95. The van der Waals surface area contributed by atoms with Crippen LogP contribution in [0.4, 0.5) is 0 Å². The van der Waals surface area contributed by atoms with Crippen molar-refractivity contribution in [2.24, 2.45) is 5.92 Å². The van der Waals surface area contributed by atoms with Crippen molar-refractivity contribution in [2.75, 3.05) is 25.4 Å². The molecule has 7 heteroatoms. The largest absolute Gasteiger partial charge is 0.355 e. The number of rotatable bonds is 7. The first kappa shape index (κ1) is 19.9. The minimum atomic E-state index is -3.54. The van der Waals surface area contributed by atoms with Crippen molar-refractivity contribution in [3.8, 4) is 0 Å². The van der Waals surface area contributed by atoms with E-state index in [4.69, 9.17) is 0 Å². The number of thioether (sulfide) groups is 1. The fraction of sp³-hybridized carbons (Fsp3) is 0.350. The zero-order valence-electron chi connectivity index (χ0n) is 15.1. The number of nitrogens with one attached hydrogen (secondary N) is 1. The first-order valence-corrected chi connectivity index (χ1v) is 11.5. The molecule has 0 saturated carbocycles. The Morgan fingerprint density at radius 2 is 1.74 bits per heavy atom. The zero-order valence-corrected chi connectivity index (χ0v) is 16.7. The number of carbonyl (C=O) groups excluding carboxylic acids is 1. The summed E-state index contributed by atoms with van der Waals surface area (Å²) in [6.07, 6.45) is 1.42. The summed E-state index contributed by atoms with van der Waals surface area (Å²) in [5.74, 6) is 0.435. The van der Waals surface area contributed by atoms with Crippen LogP contribution >= 0.6 is 11.8 Å². The standard InChI is InChI=1S/C20H24N2O3S2/c23-20(21-13-15-26-18-9-3-1-4-10-18)17-8-7-14-22(16-17)27(24,25)19-11-5-2-6-12-19/h1-6,9-12,17H,7-8,13-16H2,(H,21,23)/t17-/m1/s1. The molecule has 3 rings (SSSR count). The Kier molecular flexibility index (Phi) is 6.93. The molecule has 0 spiro atoms. The number of hydrogen-bond acceptors (Lipinski definition) is 4. The van der Waals surface area contributed by atoms with Gasteiger partial charge in [0, 0.05) is 30.3 Å². The summed E-state index contributed by atoms with van der Waals surface area (Å²) in [7, 11) is -3.54. The zero-order chi connectivity index (χ0) is 19.1. The molecule has 0 bridgehead atoms. The van der Waals surface area contributed by atoms with Crippen molar-refractivity contribution in [3.05, 3.63) is 60.7 Å². The molecule has 1 saturated heterocycles. The Morgan fingerprint density at radius 1 is 1.07 bits per heavy atom. The molecule has 0 aliphatic carbocycles. The SMILES string of the molecule is O=C(NCCSc1ccccc1)[C@@H]1CCCN(S(=O)(=O)c2ccccc2)C1. The third-order valence-corrected chi connectivity index (χ3v) is 7.44. The van der Waals surface area contributed by atoms with Gasteiger partial charge in [-0.25, -0.2) is 8.42 Å². The first-order chi connectivity index (χ1) is 13.1. The molecule has 1 atom stereocenters. The molecular weight excluding hydrogens is 380 g/mol. The summed E-state index contributed by atoms with van der Waals surface area (Å²) >= 11 is 1.69. The van der Waals surface area contributed by atoms with Gasteiger partial charge < -0.3 is 5.32 Å². The fourth-order valence-electron chi connectivity index (χ4n) is 3.12. The molecule has 1 heterocycles. The summed E-state index contributed by atoms with van der Waals surface area (Å²) in [5.41, 5.74) is 0. The topological polar surface area (TPSA) is 66.5 Å². The fourth-order valence-corrected chi connectivity index (χ4v) is 5.45. The van der Waals surface area contributed by atoms with Crippen LogP contribution in [0.3, 0.4) is 0 Å². The van der Waals surface area contributed by atoms with Crippen LogP contribution in [0.5, 0.6) is 0 Å². The second-order valence-corrected chi connectivity index (χ2v) is 9.57. The third kappa shape index (κ3) is 5.34. The highest BCUT2D eigenvalue weighted by Crippen LogP contribution is 2.24. The summed E-state index contributed by atoms with van der Waals surface area (Å²) in [6, 6.07) is 18.5. The van der Waals surface area contributed by atoms with Gasteiger partial charge in [0.25, 0.3) is 0 Å². The molecule has 2 aromatic rings. The van der Waals surface area contributed by atoms with Gasteiger partial charge in [-0.05, 0) is 37.1 Å². The normalized spacial score (nSPS) is 18.1. The summed E-state index contributed by atoms with van der Waals surface area (Å²) in [6.45, 7) is 1.28. The van der Waals surface area contributed by atoms with E-state index in [1.165, 1.54) is 9.20 Å². The van der Waals surface area contributed by atoms with E-state index in [1.807, 2.05) is 30.3 Å². The molecule has 0 unspecified atom stereocenters. The maximum absolute atomic E-state index is 12.8. The van der Waals surface area contributed by atoms with Crippen molar-refractivity contribution >= 4 is 27.7 Å². The van der Waals surface area contributed by atoms with Crippen LogP contribution in [0.25, 0.3) is 0 Å². The highest BCUT2D eigenvalue weighted by atomic mass is 32.2. The Balaban J connectivity index is 1.51. The van der Waals surface area contributed by atoms with Gasteiger partial charge in [0.15, 0.2) is 0 Å². The highest BCUT2D eigenvalue weighted by Gasteiger charge is 2.33. The molecular formula is C20H24N2O3S2. The summed E-state index contributed by atoms with van der Waals surface area (Å²) in [4.78, 5) is 13.9. The van der Waals surface area contributed by atoms with Crippen LogP contribution in [-0.2, 0) is 14.8 Å². The van der Waals surface area contributed by atoms with E-state index < -0.39 is 10.0 Å². The van der Waals surface area contributed by atoms with Gasteiger partial charge >= 0.3 is 0 Å². The molecule has 5 nitrogen and oxygen atoms in total. The maximum atomic E-state index is 12.8. The molecule has 2 aromatic carbocycles. The van der Waals surface area contributed by atoms with Crippen molar-refractivity contribution in [1.82, 2.24) is 9.62 Å². The van der Waals surface area contributed by atoms with Crippen molar-refractivity contribution in [3.63, 3.8) is 0 Å². The minimum absolute atomic E-state index is 0.0587. The van der Waals surface area contributed by atoms with Gasteiger partial charge in [-0.1, -0.05) is 36.4 Å². The van der Waals surface area contributed by atoms with E-state index in [9.17, 15) is 13.2 Å². The summed E-state index contributed by atoms with van der Waals surface area (Å²) < 4.78 is 27.0. The lowest BCUT2D eigenvalue weighted by Crippen LogP contribution is -2.45. The number of hydrogen-bond donors (Lipinski definition) is 1. The lowest BCUT2D eigenvalue weighted by Gasteiger charge is -2.31. The van der Waals surface area contributed by atoms with Crippen LogP contribution in [0.15, 0.2) is 70.5 Å². The molecule has 1 amide bonds. The van der Waals surface area contributed by atoms with Crippen LogP contribution in [-0.4, -0.2) is 44.0 Å². The van der Waals surface area contributed by atoms with E-state index in [0.29, 0.717) is 19.5 Å². The number of sulfonamides is 1. The quantitative estimate of drug-likeness (QED) is 0.569. The maximum Gasteiger partial charge on any atom is 0.243 e. The van der Waals surface area contributed by atoms with Gasteiger partial charge in [-0.15, -0.1) is 11.8 Å². The van der Waals surface area contributed by atoms with E-state index in [0.717, 1.165) is 12.2 Å². The third-order valence-electron chi connectivity index (χ3n) is 4.55. The number of benzene rings is 2. The van der Waals surface area contributed by atoms with E-state index >= 15 is 0 Å². The van der Waals surface area contributed by atoms with Crippen LogP contribution in [0, 0.1) is 5.92 Å². The van der Waals surface area contributed by atoms with E-state index in [1.54, 1.807) is 42.1 Å². The van der Waals surface area contributed by atoms with Crippen LogP contribution in [0.1, 0.15) is 12.8 Å². The molecule has 27 heavy (non-hydrogen) atoms. The van der Waals surface area contributed by atoms with Gasteiger partial charge in [-0.2, -0.15) is 4.31 Å². The number of carbonyl (C=O) groups is 1. The predicted molar refractivity (Wildman–Crippen MR) is 108 cm³/mol. The van der Waals surface area contributed by atoms with Crippen LogP contribution in [0.2, 0.25) is 0 Å². The van der Waals surface area contributed by atoms with Gasteiger partial charge in [-0.3, -0.25) is 4.79 Å². The Morgan fingerprint density at radius 3 is 2.44 bits per heavy atom. The Hall–Kier alpha value is -1.83. The predicted octanol–water partition coefficient (Wildman–Crippen LogP) is 3.00. The second kappa shape index (κ2) is 9.39. The van der Waals surface area contributed by atoms with Gasteiger partial charge in [0.2, 0.25) is 15.9 Å². The average Bonchev–Trinajstić information content (AvgIpc) is 2.72. The van der Waals surface area contributed by atoms with Crippen LogP contribution < -0.4 is 5.32 Å². The average molecular weight is 405 g/mol. The molecule has 0 aromatic heterocycles. The van der Waals surface area contributed by atoms with Gasteiger partial charge in [0.05, 0.1) is 10.8 Å². The van der Waals surface area contributed by atoms with Gasteiger partial charge in [0.1, 0.15) is 0 Å². The molecule has 144 valence electrons. The monoisotopic (exact) mass is 404 g/mol. The Bertz CT molecular complexity index is 842. The molecule has 1 aliphatic heterocycles. The van der Waals surface area contributed by atoms with Crippen molar-refractivity contribution < 1.29 is 13.2 Å². The molecule has 1 aliphatic rings. The van der Waals surface area contributed by atoms with E-state index in [2.05, 4.69) is 5.32 Å². The Labute approximate surface area is 165 Å². The highest BCUT2D eigenvalue weighted by molar-refractivity contribution is 7.99. The molecule has 1 N–H and O–H groups in total.